The summed E-state index contributed by atoms with van der Waals surface area (Å²) in [5, 5.41) is 0. The Hall–Kier alpha value is -1.02. The molecule has 2 aliphatic rings. The van der Waals surface area contributed by atoms with Gasteiger partial charge in [-0.2, -0.15) is 0 Å². The molecule has 1 heterocycles. The summed E-state index contributed by atoms with van der Waals surface area (Å²) in [6.07, 6.45) is 4.27. The highest BCUT2D eigenvalue weighted by atomic mass is 15.3. The van der Waals surface area contributed by atoms with Crippen molar-refractivity contribution in [1.29, 1.82) is 0 Å². The van der Waals surface area contributed by atoms with Gasteiger partial charge in [0.15, 0.2) is 0 Å². The average Bonchev–Trinajstić information content (AvgIpc) is 2.88. The first-order valence-electron chi connectivity index (χ1n) is 8.20. The van der Waals surface area contributed by atoms with Crippen LogP contribution >= 0.6 is 0 Å². The zero-order chi connectivity index (χ0) is 14.1. The van der Waals surface area contributed by atoms with Crippen LogP contribution < -0.4 is 4.90 Å². The minimum atomic E-state index is 0.866. The molecule has 0 radical (unpaired) electrons. The van der Waals surface area contributed by atoms with Crippen LogP contribution in [-0.4, -0.2) is 37.1 Å². The molecule has 1 aromatic carbocycles. The Labute approximate surface area is 123 Å². The molecule has 110 valence electrons. The standard InChI is InChI=1S/C18H28N2/c1-14-5-7-17(12-14)19-8-10-20(11-9-19)18-13-15(2)4-6-16(18)3/h4,6,13-14,17H,5,7-12H2,1-3H3/t14-,17+/m0/s1. The maximum absolute atomic E-state index is 2.74. The van der Waals surface area contributed by atoms with E-state index < -0.39 is 0 Å². The van der Waals surface area contributed by atoms with Crippen LogP contribution in [0.15, 0.2) is 18.2 Å². The van der Waals surface area contributed by atoms with Gasteiger partial charge in [-0.15, -0.1) is 0 Å². The van der Waals surface area contributed by atoms with Crippen molar-refractivity contribution in [3.05, 3.63) is 29.3 Å². The minimum absolute atomic E-state index is 0.866. The first-order chi connectivity index (χ1) is 9.63. The fourth-order valence-electron chi connectivity index (χ4n) is 3.90. The fourth-order valence-corrected chi connectivity index (χ4v) is 3.90. The van der Waals surface area contributed by atoms with Crippen LogP contribution in [0.1, 0.15) is 37.3 Å². The van der Waals surface area contributed by atoms with Crippen molar-refractivity contribution in [2.45, 2.75) is 46.1 Å². The molecule has 1 aromatic rings. The third-order valence-electron chi connectivity index (χ3n) is 5.20. The lowest BCUT2D eigenvalue weighted by molar-refractivity contribution is 0.184. The van der Waals surface area contributed by atoms with Gasteiger partial charge in [-0.1, -0.05) is 19.1 Å². The van der Waals surface area contributed by atoms with Crippen LogP contribution in [0.25, 0.3) is 0 Å². The van der Waals surface area contributed by atoms with Gasteiger partial charge in [-0.3, -0.25) is 4.90 Å². The van der Waals surface area contributed by atoms with Gasteiger partial charge in [-0.25, -0.2) is 0 Å². The Morgan fingerprint density at radius 1 is 1.00 bits per heavy atom. The number of hydrogen-bond acceptors (Lipinski definition) is 2. The average molecular weight is 272 g/mol. The molecular weight excluding hydrogens is 244 g/mol. The fraction of sp³-hybridized carbons (Fsp3) is 0.667. The normalized spacial score (nSPS) is 28.1. The third-order valence-corrected chi connectivity index (χ3v) is 5.20. The molecule has 1 aliphatic carbocycles. The number of nitrogens with zero attached hydrogens (tertiary/aromatic N) is 2. The lowest BCUT2D eigenvalue weighted by atomic mass is 10.1. The summed E-state index contributed by atoms with van der Waals surface area (Å²) in [5.41, 5.74) is 4.24. The molecule has 2 nitrogen and oxygen atoms in total. The minimum Gasteiger partial charge on any atom is -0.369 e. The van der Waals surface area contributed by atoms with Crippen molar-refractivity contribution in [2.75, 3.05) is 31.1 Å². The number of piperazine rings is 1. The van der Waals surface area contributed by atoms with E-state index in [0.717, 1.165) is 12.0 Å². The van der Waals surface area contributed by atoms with Crippen molar-refractivity contribution in [2.24, 2.45) is 5.92 Å². The summed E-state index contributed by atoms with van der Waals surface area (Å²) in [5.74, 6) is 0.942. The van der Waals surface area contributed by atoms with Gasteiger partial charge in [0.1, 0.15) is 0 Å². The Morgan fingerprint density at radius 2 is 1.75 bits per heavy atom. The molecule has 2 atom stereocenters. The van der Waals surface area contributed by atoms with E-state index in [9.17, 15) is 0 Å². The van der Waals surface area contributed by atoms with Crippen LogP contribution in [-0.2, 0) is 0 Å². The molecular formula is C18H28N2. The SMILES string of the molecule is Cc1ccc(C)c(N2CCN([C@@H]3CC[C@H](C)C3)CC2)c1. The quantitative estimate of drug-likeness (QED) is 0.811. The highest BCUT2D eigenvalue weighted by molar-refractivity contribution is 5.55. The van der Waals surface area contributed by atoms with E-state index in [4.69, 9.17) is 0 Å². The van der Waals surface area contributed by atoms with Crippen molar-refractivity contribution in [1.82, 2.24) is 4.90 Å². The first-order valence-corrected chi connectivity index (χ1v) is 8.20. The van der Waals surface area contributed by atoms with E-state index in [1.54, 1.807) is 0 Å². The predicted octanol–water partition coefficient (Wildman–Crippen LogP) is 3.61. The highest BCUT2D eigenvalue weighted by Gasteiger charge is 2.29. The van der Waals surface area contributed by atoms with E-state index in [2.05, 4.69) is 48.8 Å². The molecule has 0 aromatic heterocycles. The number of aryl methyl sites for hydroxylation is 2. The van der Waals surface area contributed by atoms with Crippen molar-refractivity contribution < 1.29 is 0 Å². The summed E-state index contributed by atoms with van der Waals surface area (Å²) in [4.78, 5) is 5.32. The van der Waals surface area contributed by atoms with Crippen LogP contribution in [0.3, 0.4) is 0 Å². The lowest BCUT2D eigenvalue weighted by Crippen LogP contribution is -2.50. The zero-order valence-electron chi connectivity index (χ0n) is 13.2. The zero-order valence-corrected chi connectivity index (χ0v) is 13.2. The maximum atomic E-state index is 2.74. The number of anilines is 1. The molecule has 1 saturated carbocycles. The van der Waals surface area contributed by atoms with E-state index in [1.165, 1.54) is 62.3 Å². The number of hydrogen-bond donors (Lipinski definition) is 0. The maximum Gasteiger partial charge on any atom is 0.0399 e. The van der Waals surface area contributed by atoms with Gasteiger partial charge in [0.25, 0.3) is 0 Å². The summed E-state index contributed by atoms with van der Waals surface area (Å²) in [6, 6.07) is 7.69. The molecule has 0 amide bonds. The van der Waals surface area contributed by atoms with E-state index in [1.807, 2.05) is 0 Å². The molecule has 0 bridgehead atoms. The molecule has 0 spiro atoms. The molecule has 3 rings (SSSR count). The lowest BCUT2D eigenvalue weighted by Gasteiger charge is -2.39. The largest absolute Gasteiger partial charge is 0.369 e. The molecule has 1 aliphatic heterocycles. The van der Waals surface area contributed by atoms with Gasteiger partial charge in [-0.05, 0) is 56.2 Å². The smallest absolute Gasteiger partial charge is 0.0399 e. The van der Waals surface area contributed by atoms with Gasteiger partial charge >= 0.3 is 0 Å². The molecule has 0 unspecified atom stereocenters. The van der Waals surface area contributed by atoms with Gasteiger partial charge < -0.3 is 4.90 Å². The third kappa shape index (κ3) is 2.85. The second-order valence-electron chi connectivity index (χ2n) is 6.89. The first kappa shape index (κ1) is 13.9. The topological polar surface area (TPSA) is 6.48 Å². The van der Waals surface area contributed by atoms with Crippen LogP contribution in [0.4, 0.5) is 5.69 Å². The highest BCUT2D eigenvalue weighted by Crippen LogP contribution is 2.30. The molecule has 2 heteroatoms. The summed E-state index contributed by atoms with van der Waals surface area (Å²) in [7, 11) is 0. The van der Waals surface area contributed by atoms with Gasteiger partial charge in [0.05, 0.1) is 0 Å². The van der Waals surface area contributed by atoms with Crippen molar-refractivity contribution in [3.63, 3.8) is 0 Å². The Bertz CT molecular complexity index is 460. The van der Waals surface area contributed by atoms with Crippen LogP contribution in [0.2, 0.25) is 0 Å². The molecule has 2 fully saturated rings. The van der Waals surface area contributed by atoms with Crippen molar-refractivity contribution >= 4 is 5.69 Å². The van der Waals surface area contributed by atoms with Gasteiger partial charge in [0.2, 0.25) is 0 Å². The van der Waals surface area contributed by atoms with E-state index in [-0.39, 0.29) is 0 Å². The van der Waals surface area contributed by atoms with Crippen molar-refractivity contribution in [3.8, 4) is 0 Å². The predicted molar refractivity (Wildman–Crippen MR) is 86.5 cm³/mol. The molecule has 0 N–H and O–H groups in total. The van der Waals surface area contributed by atoms with E-state index in [0.29, 0.717) is 0 Å². The summed E-state index contributed by atoms with van der Waals surface area (Å²) in [6.45, 7) is 11.7. The second-order valence-corrected chi connectivity index (χ2v) is 6.89. The van der Waals surface area contributed by atoms with Crippen LogP contribution in [0, 0.1) is 19.8 Å². The Morgan fingerprint density at radius 3 is 2.40 bits per heavy atom. The number of rotatable bonds is 2. The monoisotopic (exact) mass is 272 g/mol. The van der Waals surface area contributed by atoms with Crippen LogP contribution in [0.5, 0.6) is 0 Å². The molecule has 20 heavy (non-hydrogen) atoms. The van der Waals surface area contributed by atoms with E-state index >= 15 is 0 Å². The molecule has 1 saturated heterocycles. The Kier molecular flexibility index (Phi) is 4.02. The van der Waals surface area contributed by atoms with Gasteiger partial charge in [0, 0.05) is 37.9 Å². The summed E-state index contributed by atoms with van der Waals surface area (Å²) < 4.78 is 0. The number of benzene rings is 1. The summed E-state index contributed by atoms with van der Waals surface area (Å²) >= 11 is 0. The Balaban J connectivity index is 1.62. The second kappa shape index (κ2) is 5.77.